The zero-order chi connectivity index (χ0) is 22.3. The van der Waals surface area contributed by atoms with Gasteiger partial charge in [-0.25, -0.2) is 4.98 Å². The number of ether oxygens (including phenoxy) is 1. The molecule has 0 radical (unpaired) electrons. The van der Waals surface area contributed by atoms with Gasteiger partial charge >= 0.3 is 0 Å². The summed E-state index contributed by atoms with van der Waals surface area (Å²) in [5.41, 5.74) is 3.25. The molecule has 0 aliphatic heterocycles. The molecule has 0 aliphatic rings. The maximum atomic E-state index is 13.6. The molecule has 160 valence electrons. The number of aromatic nitrogens is 3. The SMILES string of the molecule is CCNC(=O)c1cc(OC)cc(-c2cc3c(C)nc4[nH]ccc4c3n(CC)c2=O)c1Cl. The number of hydrogen-bond donors (Lipinski definition) is 2. The molecule has 0 aliphatic carbocycles. The van der Waals surface area contributed by atoms with E-state index in [2.05, 4.69) is 15.3 Å². The molecule has 0 unspecified atom stereocenters. The van der Waals surface area contributed by atoms with Crippen molar-refractivity contribution in [3.05, 3.63) is 57.1 Å². The third-order valence-corrected chi connectivity index (χ3v) is 5.82. The Kier molecular flexibility index (Phi) is 5.45. The van der Waals surface area contributed by atoms with Crippen molar-refractivity contribution in [1.29, 1.82) is 0 Å². The van der Waals surface area contributed by atoms with Crippen molar-refractivity contribution in [2.75, 3.05) is 13.7 Å². The Morgan fingerprint density at radius 2 is 2.00 bits per heavy atom. The lowest BCUT2D eigenvalue weighted by atomic mass is 10.00. The Labute approximate surface area is 184 Å². The summed E-state index contributed by atoms with van der Waals surface area (Å²) < 4.78 is 7.11. The van der Waals surface area contributed by atoms with Gasteiger partial charge in [-0.15, -0.1) is 0 Å². The number of fused-ring (bicyclic) bond motifs is 3. The lowest BCUT2D eigenvalue weighted by molar-refractivity contribution is 0.0955. The molecular formula is C23H23ClN4O3. The van der Waals surface area contributed by atoms with Crippen LogP contribution in [0, 0.1) is 6.92 Å². The monoisotopic (exact) mass is 438 g/mol. The van der Waals surface area contributed by atoms with Crippen LogP contribution >= 0.6 is 11.6 Å². The molecule has 2 N–H and O–H groups in total. The molecule has 3 aromatic heterocycles. The molecule has 3 heterocycles. The molecule has 1 amide bonds. The molecule has 4 aromatic rings. The van der Waals surface area contributed by atoms with E-state index in [4.69, 9.17) is 16.3 Å². The van der Waals surface area contributed by atoms with Gasteiger partial charge in [0.05, 0.1) is 23.2 Å². The van der Waals surface area contributed by atoms with E-state index in [0.29, 0.717) is 30.0 Å². The summed E-state index contributed by atoms with van der Waals surface area (Å²) in [5, 5.41) is 4.69. The summed E-state index contributed by atoms with van der Waals surface area (Å²) in [5.74, 6) is 0.121. The molecule has 0 saturated heterocycles. The molecule has 0 spiro atoms. The number of nitrogens with one attached hydrogen (secondary N) is 2. The number of aryl methyl sites for hydroxylation is 2. The summed E-state index contributed by atoms with van der Waals surface area (Å²) in [7, 11) is 1.51. The van der Waals surface area contributed by atoms with Crippen LogP contribution in [0.25, 0.3) is 33.1 Å². The minimum Gasteiger partial charge on any atom is -0.497 e. The molecular weight excluding hydrogens is 416 g/mol. The van der Waals surface area contributed by atoms with Gasteiger partial charge in [-0.1, -0.05) is 11.6 Å². The van der Waals surface area contributed by atoms with Gasteiger partial charge < -0.3 is 19.6 Å². The number of carbonyl (C=O) groups excluding carboxylic acids is 1. The Balaban J connectivity index is 2.10. The third kappa shape index (κ3) is 3.35. The summed E-state index contributed by atoms with van der Waals surface area (Å²) in [6.45, 7) is 6.58. The number of halogens is 1. The number of amides is 1. The Morgan fingerprint density at radius 1 is 1.23 bits per heavy atom. The first-order chi connectivity index (χ1) is 14.9. The molecule has 8 heteroatoms. The number of nitrogens with zero attached hydrogens (tertiary/aromatic N) is 2. The van der Waals surface area contributed by atoms with E-state index in [-0.39, 0.29) is 22.1 Å². The molecule has 0 bridgehead atoms. The maximum Gasteiger partial charge on any atom is 0.258 e. The predicted molar refractivity (Wildman–Crippen MR) is 123 cm³/mol. The molecule has 0 fully saturated rings. The summed E-state index contributed by atoms with van der Waals surface area (Å²) in [6.07, 6.45) is 1.81. The van der Waals surface area contributed by atoms with Crippen molar-refractivity contribution in [3.8, 4) is 16.9 Å². The minimum absolute atomic E-state index is 0.194. The lowest BCUT2D eigenvalue weighted by Gasteiger charge is -2.16. The van der Waals surface area contributed by atoms with Crippen molar-refractivity contribution in [1.82, 2.24) is 19.9 Å². The van der Waals surface area contributed by atoms with Crippen LogP contribution < -0.4 is 15.6 Å². The fraction of sp³-hybridized carbons (Fsp3) is 0.261. The highest BCUT2D eigenvalue weighted by Gasteiger charge is 2.21. The smallest absolute Gasteiger partial charge is 0.258 e. The summed E-state index contributed by atoms with van der Waals surface area (Å²) in [4.78, 5) is 33.9. The molecule has 7 nitrogen and oxygen atoms in total. The number of carbonyl (C=O) groups is 1. The van der Waals surface area contributed by atoms with Crippen LogP contribution in [0.3, 0.4) is 0 Å². The third-order valence-electron chi connectivity index (χ3n) is 5.41. The van der Waals surface area contributed by atoms with Crippen molar-refractivity contribution in [3.63, 3.8) is 0 Å². The number of methoxy groups -OCH3 is 1. The zero-order valence-electron chi connectivity index (χ0n) is 17.8. The van der Waals surface area contributed by atoms with Gasteiger partial charge in [0.2, 0.25) is 0 Å². The summed E-state index contributed by atoms with van der Waals surface area (Å²) in [6, 6.07) is 6.99. The van der Waals surface area contributed by atoms with Crippen LogP contribution in [0.4, 0.5) is 0 Å². The van der Waals surface area contributed by atoms with E-state index in [1.54, 1.807) is 22.8 Å². The number of hydrogen-bond acceptors (Lipinski definition) is 4. The van der Waals surface area contributed by atoms with E-state index in [0.717, 1.165) is 27.6 Å². The topological polar surface area (TPSA) is 89.0 Å². The van der Waals surface area contributed by atoms with Gasteiger partial charge in [0.1, 0.15) is 11.4 Å². The van der Waals surface area contributed by atoms with E-state index in [1.165, 1.54) is 7.11 Å². The van der Waals surface area contributed by atoms with Crippen LogP contribution in [0.15, 0.2) is 35.3 Å². The van der Waals surface area contributed by atoms with E-state index in [1.807, 2.05) is 33.0 Å². The fourth-order valence-electron chi connectivity index (χ4n) is 3.93. The first-order valence-corrected chi connectivity index (χ1v) is 10.5. The van der Waals surface area contributed by atoms with Crippen molar-refractivity contribution < 1.29 is 9.53 Å². The van der Waals surface area contributed by atoms with Crippen molar-refractivity contribution >= 4 is 39.4 Å². The highest BCUT2D eigenvalue weighted by Crippen LogP contribution is 2.36. The number of benzene rings is 1. The molecule has 4 rings (SSSR count). The standard InChI is InChI=1S/C23H23ClN4O3/c1-5-25-22(29)18-10-13(31-4)9-16(19(18)24)17-11-15-12(3)27-21-14(7-8-26-21)20(15)28(6-2)23(17)30/h7-11H,5-6H2,1-4H3,(H,25,29)(H,26,27). The Bertz CT molecular complexity index is 1390. The van der Waals surface area contributed by atoms with Crippen LogP contribution in [-0.2, 0) is 6.54 Å². The quantitative estimate of drug-likeness (QED) is 0.486. The minimum atomic E-state index is -0.323. The molecule has 1 aromatic carbocycles. The fourth-order valence-corrected chi connectivity index (χ4v) is 4.23. The van der Waals surface area contributed by atoms with Crippen LogP contribution in [0.5, 0.6) is 5.75 Å². The molecule has 0 saturated carbocycles. The zero-order valence-corrected chi connectivity index (χ0v) is 18.6. The second kappa shape index (κ2) is 8.07. The van der Waals surface area contributed by atoms with Crippen LogP contribution in [0.1, 0.15) is 29.9 Å². The van der Waals surface area contributed by atoms with Crippen molar-refractivity contribution in [2.24, 2.45) is 0 Å². The van der Waals surface area contributed by atoms with Gasteiger partial charge in [0.25, 0.3) is 11.5 Å². The summed E-state index contributed by atoms with van der Waals surface area (Å²) >= 11 is 6.65. The van der Waals surface area contributed by atoms with E-state index < -0.39 is 0 Å². The predicted octanol–water partition coefficient (Wildman–Crippen LogP) is 4.28. The van der Waals surface area contributed by atoms with Gasteiger partial charge in [0, 0.05) is 46.9 Å². The van der Waals surface area contributed by atoms with Gasteiger partial charge in [-0.3, -0.25) is 9.59 Å². The molecule has 0 atom stereocenters. The van der Waals surface area contributed by atoms with Crippen LogP contribution in [0.2, 0.25) is 5.02 Å². The Morgan fingerprint density at radius 3 is 2.68 bits per heavy atom. The van der Waals surface area contributed by atoms with Gasteiger partial charge in [-0.05, 0) is 45.0 Å². The Hall–Kier alpha value is -3.32. The highest BCUT2D eigenvalue weighted by molar-refractivity contribution is 6.36. The van der Waals surface area contributed by atoms with E-state index >= 15 is 0 Å². The number of aromatic amines is 1. The number of H-pyrrole nitrogens is 1. The normalized spacial score (nSPS) is 11.3. The lowest BCUT2D eigenvalue weighted by Crippen LogP contribution is -2.24. The maximum absolute atomic E-state index is 13.6. The number of pyridine rings is 2. The average molecular weight is 439 g/mol. The highest BCUT2D eigenvalue weighted by atomic mass is 35.5. The largest absolute Gasteiger partial charge is 0.497 e. The van der Waals surface area contributed by atoms with Gasteiger partial charge in [-0.2, -0.15) is 0 Å². The second-order valence-electron chi connectivity index (χ2n) is 7.20. The van der Waals surface area contributed by atoms with Crippen LogP contribution in [-0.4, -0.2) is 34.1 Å². The van der Waals surface area contributed by atoms with Gasteiger partial charge in [0.15, 0.2) is 0 Å². The first-order valence-electron chi connectivity index (χ1n) is 10.1. The average Bonchev–Trinajstić information content (AvgIpc) is 3.22. The first kappa shape index (κ1) is 20.9. The van der Waals surface area contributed by atoms with Crippen molar-refractivity contribution in [2.45, 2.75) is 27.3 Å². The number of rotatable bonds is 5. The molecule has 31 heavy (non-hydrogen) atoms. The second-order valence-corrected chi connectivity index (χ2v) is 7.58. The van der Waals surface area contributed by atoms with E-state index in [9.17, 15) is 9.59 Å².